The van der Waals surface area contributed by atoms with Gasteiger partial charge in [0.25, 0.3) is 0 Å². The van der Waals surface area contributed by atoms with E-state index in [1.807, 2.05) is 31.2 Å². The van der Waals surface area contributed by atoms with Crippen LogP contribution >= 0.6 is 0 Å². The molecule has 2 aromatic rings. The summed E-state index contributed by atoms with van der Waals surface area (Å²) in [7, 11) is 0. The molecule has 3 N–H and O–H groups in total. The van der Waals surface area contributed by atoms with Gasteiger partial charge in [-0.05, 0) is 13.0 Å². The van der Waals surface area contributed by atoms with Crippen molar-refractivity contribution < 1.29 is 5.11 Å². The number of H-pyrrole nitrogens is 1. The molecule has 0 amide bonds. The number of para-hydroxylation sites is 1. The lowest BCUT2D eigenvalue weighted by atomic mass is 10.1. The predicted octanol–water partition coefficient (Wildman–Crippen LogP) is 2.51. The molecule has 1 unspecified atom stereocenters. The summed E-state index contributed by atoms with van der Waals surface area (Å²) in [5.41, 5.74) is 3.14. The normalized spacial score (nSPS) is 13.5. The van der Waals surface area contributed by atoms with Crippen molar-refractivity contribution >= 4 is 10.9 Å². The van der Waals surface area contributed by atoms with Crippen LogP contribution in [0.1, 0.15) is 31.2 Å². The molecule has 1 aromatic carbocycles. The summed E-state index contributed by atoms with van der Waals surface area (Å²) in [4.78, 5) is 3.31. The van der Waals surface area contributed by atoms with E-state index >= 15 is 0 Å². The van der Waals surface area contributed by atoms with E-state index in [0.29, 0.717) is 12.6 Å². The molecule has 1 aromatic heterocycles. The molecule has 3 nitrogen and oxygen atoms in total. The van der Waals surface area contributed by atoms with Crippen LogP contribution in [-0.2, 0) is 0 Å². The zero-order chi connectivity index (χ0) is 12.4. The maximum atomic E-state index is 10.3. The number of aliphatic hydroxyl groups excluding tert-OH is 1. The van der Waals surface area contributed by atoms with Gasteiger partial charge in [-0.2, -0.15) is 0 Å². The maximum absolute atomic E-state index is 10.3. The van der Waals surface area contributed by atoms with E-state index in [-0.39, 0.29) is 0 Å². The summed E-state index contributed by atoms with van der Waals surface area (Å²) in [6.07, 6.45) is -0.464. The zero-order valence-corrected chi connectivity index (χ0v) is 10.6. The Bertz CT molecular complexity index is 502. The minimum atomic E-state index is -0.464. The van der Waals surface area contributed by atoms with Gasteiger partial charge in [-0.25, -0.2) is 0 Å². The number of hydrogen-bond donors (Lipinski definition) is 3. The summed E-state index contributed by atoms with van der Waals surface area (Å²) in [6, 6.07) is 8.47. The Hall–Kier alpha value is -1.32. The van der Waals surface area contributed by atoms with Gasteiger partial charge in [-0.15, -0.1) is 0 Å². The molecule has 3 heteroatoms. The predicted molar refractivity (Wildman–Crippen MR) is 71.1 cm³/mol. The number of aryl methyl sites for hydroxylation is 1. The fourth-order valence-corrected chi connectivity index (χ4v) is 2.18. The van der Waals surface area contributed by atoms with E-state index in [0.717, 1.165) is 22.2 Å². The van der Waals surface area contributed by atoms with E-state index in [4.69, 9.17) is 0 Å². The van der Waals surface area contributed by atoms with Gasteiger partial charge in [0.05, 0.1) is 6.10 Å². The number of aromatic nitrogens is 1. The van der Waals surface area contributed by atoms with Crippen LogP contribution in [-0.4, -0.2) is 22.7 Å². The quantitative estimate of drug-likeness (QED) is 0.758. The Morgan fingerprint density at radius 3 is 2.71 bits per heavy atom. The monoisotopic (exact) mass is 232 g/mol. The highest BCUT2D eigenvalue weighted by atomic mass is 16.3. The lowest BCUT2D eigenvalue weighted by Gasteiger charge is -2.14. The maximum Gasteiger partial charge on any atom is 0.0937 e. The van der Waals surface area contributed by atoms with E-state index in [2.05, 4.69) is 24.1 Å². The van der Waals surface area contributed by atoms with Crippen LogP contribution in [0, 0.1) is 6.92 Å². The Kier molecular flexibility index (Phi) is 3.50. The topological polar surface area (TPSA) is 48.0 Å². The molecule has 0 fully saturated rings. The van der Waals surface area contributed by atoms with Gasteiger partial charge in [-0.1, -0.05) is 32.0 Å². The molecule has 2 rings (SSSR count). The Balaban J connectivity index is 2.30. The number of hydrogen-bond acceptors (Lipinski definition) is 2. The van der Waals surface area contributed by atoms with Gasteiger partial charge >= 0.3 is 0 Å². The smallest absolute Gasteiger partial charge is 0.0937 e. The largest absolute Gasteiger partial charge is 0.387 e. The van der Waals surface area contributed by atoms with Gasteiger partial charge in [0.2, 0.25) is 0 Å². The first kappa shape index (κ1) is 12.1. The third-order valence-electron chi connectivity index (χ3n) is 3.00. The van der Waals surface area contributed by atoms with Crippen LogP contribution in [0.3, 0.4) is 0 Å². The molecule has 0 bridgehead atoms. The summed E-state index contributed by atoms with van der Waals surface area (Å²) < 4.78 is 0. The second kappa shape index (κ2) is 4.90. The van der Waals surface area contributed by atoms with E-state index in [1.54, 1.807) is 0 Å². The van der Waals surface area contributed by atoms with Crippen LogP contribution in [0.25, 0.3) is 10.9 Å². The van der Waals surface area contributed by atoms with Crippen molar-refractivity contribution in [1.29, 1.82) is 0 Å². The van der Waals surface area contributed by atoms with Gasteiger partial charge in [-0.3, -0.25) is 0 Å². The number of aliphatic hydroxyl groups is 1. The molecule has 92 valence electrons. The van der Waals surface area contributed by atoms with Gasteiger partial charge < -0.3 is 15.4 Å². The fourth-order valence-electron chi connectivity index (χ4n) is 2.18. The summed E-state index contributed by atoms with van der Waals surface area (Å²) in [5, 5.41) is 14.6. The molecule has 1 atom stereocenters. The average molecular weight is 232 g/mol. The molecule has 0 aliphatic heterocycles. The Morgan fingerprint density at radius 1 is 1.29 bits per heavy atom. The zero-order valence-electron chi connectivity index (χ0n) is 10.6. The number of aromatic amines is 1. The molecule has 0 spiro atoms. The molecular weight excluding hydrogens is 212 g/mol. The number of benzene rings is 1. The van der Waals surface area contributed by atoms with Crippen LogP contribution in [0.15, 0.2) is 24.3 Å². The first-order valence-electron chi connectivity index (χ1n) is 6.08. The molecule has 0 aliphatic carbocycles. The second-order valence-corrected chi connectivity index (χ2v) is 4.79. The van der Waals surface area contributed by atoms with Crippen molar-refractivity contribution in [2.45, 2.75) is 32.9 Å². The van der Waals surface area contributed by atoms with Gasteiger partial charge in [0.15, 0.2) is 0 Å². The number of rotatable bonds is 4. The van der Waals surface area contributed by atoms with Gasteiger partial charge in [0.1, 0.15) is 0 Å². The lowest BCUT2D eigenvalue weighted by molar-refractivity contribution is 0.172. The SMILES string of the molecule is Cc1[nH]c2ccccc2c1C(O)CNC(C)C. The van der Waals surface area contributed by atoms with Crippen molar-refractivity contribution in [2.24, 2.45) is 0 Å². The minimum Gasteiger partial charge on any atom is -0.387 e. The highest BCUT2D eigenvalue weighted by Gasteiger charge is 2.16. The van der Waals surface area contributed by atoms with Crippen molar-refractivity contribution in [3.63, 3.8) is 0 Å². The van der Waals surface area contributed by atoms with Crippen molar-refractivity contribution in [3.8, 4) is 0 Å². The van der Waals surface area contributed by atoms with E-state index in [1.165, 1.54) is 0 Å². The summed E-state index contributed by atoms with van der Waals surface area (Å²) in [5.74, 6) is 0. The first-order chi connectivity index (χ1) is 8.09. The highest BCUT2D eigenvalue weighted by molar-refractivity contribution is 5.84. The number of fused-ring (bicyclic) bond motifs is 1. The lowest BCUT2D eigenvalue weighted by Crippen LogP contribution is -2.28. The molecular formula is C14H20N2O. The molecule has 17 heavy (non-hydrogen) atoms. The third-order valence-corrected chi connectivity index (χ3v) is 3.00. The molecule has 0 aliphatic rings. The minimum absolute atomic E-state index is 0.384. The fraction of sp³-hybridized carbons (Fsp3) is 0.429. The van der Waals surface area contributed by atoms with Crippen molar-refractivity contribution in [1.82, 2.24) is 10.3 Å². The van der Waals surface area contributed by atoms with Crippen LogP contribution in [0.4, 0.5) is 0 Å². The summed E-state index contributed by atoms with van der Waals surface area (Å²) >= 11 is 0. The van der Waals surface area contributed by atoms with Crippen molar-refractivity contribution in [3.05, 3.63) is 35.5 Å². The molecule has 0 radical (unpaired) electrons. The van der Waals surface area contributed by atoms with Crippen LogP contribution in [0.5, 0.6) is 0 Å². The second-order valence-electron chi connectivity index (χ2n) is 4.79. The third kappa shape index (κ3) is 2.51. The Morgan fingerprint density at radius 2 is 2.00 bits per heavy atom. The average Bonchev–Trinajstić information content (AvgIpc) is 2.61. The Labute approximate surface area is 102 Å². The van der Waals surface area contributed by atoms with Crippen molar-refractivity contribution in [2.75, 3.05) is 6.54 Å². The van der Waals surface area contributed by atoms with Gasteiger partial charge in [0, 0.05) is 34.7 Å². The van der Waals surface area contributed by atoms with E-state index in [9.17, 15) is 5.11 Å². The highest BCUT2D eigenvalue weighted by Crippen LogP contribution is 2.27. The van der Waals surface area contributed by atoms with Crippen LogP contribution in [0.2, 0.25) is 0 Å². The van der Waals surface area contributed by atoms with E-state index < -0.39 is 6.10 Å². The standard InChI is InChI=1S/C14H20N2O/c1-9(2)15-8-13(17)14-10(3)16-12-7-5-4-6-11(12)14/h4-7,9,13,15-17H,8H2,1-3H3. The molecule has 0 saturated heterocycles. The summed E-state index contributed by atoms with van der Waals surface area (Å²) in [6.45, 7) is 6.75. The molecule has 0 saturated carbocycles. The number of nitrogens with one attached hydrogen (secondary N) is 2. The molecule has 1 heterocycles. The first-order valence-corrected chi connectivity index (χ1v) is 6.08. The van der Waals surface area contributed by atoms with Crippen LogP contribution < -0.4 is 5.32 Å².